The van der Waals surface area contributed by atoms with Gasteiger partial charge in [0, 0.05) is 26.2 Å². The van der Waals surface area contributed by atoms with Crippen LogP contribution in [0.4, 0.5) is 5.69 Å². The summed E-state index contributed by atoms with van der Waals surface area (Å²) in [6.45, 7) is 1.09. The number of hydrogen-bond acceptors (Lipinski definition) is 6. The SMILES string of the molecule is COCCCc1ccc([N+](=O)[O-])cc1OCCCCCC(=O)OC. The van der Waals surface area contributed by atoms with Crippen LogP contribution in [0.3, 0.4) is 0 Å². The smallest absolute Gasteiger partial charge is 0.305 e. The van der Waals surface area contributed by atoms with Crippen LogP contribution in [0.25, 0.3) is 0 Å². The third-order valence-corrected chi connectivity index (χ3v) is 3.57. The summed E-state index contributed by atoms with van der Waals surface area (Å²) < 4.78 is 15.3. The molecule has 1 aromatic rings. The van der Waals surface area contributed by atoms with Crippen molar-refractivity contribution in [2.24, 2.45) is 0 Å². The van der Waals surface area contributed by atoms with Crippen molar-refractivity contribution in [1.82, 2.24) is 0 Å². The summed E-state index contributed by atoms with van der Waals surface area (Å²) >= 11 is 0. The molecule has 0 fully saturated rings. The number of nitrogens with zero attached hydrogens (tertiary/aromatic N) is 1. The highest BCUT2D eigenvalue weighted by Crippen LogP contribution is 2.26. The van der Waals surface area contributed by atoms with Gasteiger partial charge in [-0.1, -0.05) is 0 Å². The molecule has 134 valence electrons. The van der Waals surface area contributed by atoms with Gasteiger partial charge in [-0.25, -0.2) is 0 Å². The molecule has 0 atom stereocenters. The number of rotatable bonds is 12. The van der Waals surface area contributed by atoms with E-state index in [0.29, 0.717) is 25.4 Å². The van der Waals surface area contributed by atoms with Crippen molar-refractivity contribution in [3.8, 4) is 5.75 Å². The quantitative estimate of drug-likeness (QED) is 0.251. The number of carbonyl (C=O) groups excluding carboxylic acids is 1. The zero-order valence-electron chi connectivity index (χ0n) is 14.3. The van der Waals surface area contributed by atoms with Gasteiger partial charge in [-0.05, 0) is 43.7 Å². The van der Waals surface area contributed by atoms with Crippen molar-refractivity contribution in [2.75, 3.05) is 27.4 Å². The Kier molecular flexibility index (Phi) is 9.45. The Balaban J connectivity index is 2.51. The first-order valence-corrected chi connectivity index (χ1v) is 8.04. The molecule has 0 spiro atoms. The standard InChI is InChI=1S/C17H25NO6/c1-22-11-6-7-14-9-10-15(18(20)21)13-16(14)24-12-5-3-4-8-17(19)23-2/h9-10,13H,3-8,11-12H2,1-2H3. The van der Waals surface area contributed by atoms with E-state index in [9.17, 15) is 14.9 Å². The molecule has 1 aromatic carbocycles. The fraction of sp³-hybridized carbons (Fsp3) is 0.588. The normalized spacial score (nSPS) is 10.4. The molecule has 0 amide bonds. The third kappa shape index (κ3) is 7.41. The predicted octanol–water partition coefficient (Wildman–Crippen LogP) is 3.29. The molecule has 0 aliphatic rings. The minimum atomic E-state index is -0.428. The molecule has 7 heteroatoms. The van der Waals surface area contributed by atoms with E-state index in [2.05, 4.69) is 4.74 Å². The Morgan fingerprint density at radius 1 is 1.12 bits per heavy atom. The number of ether oxygens (including phenoxy) is 3. The summed E-state index contributed by atoms with van der Waals surface area (Å²) in [5.74, 6) is 0.336. The van der Waals surface area contributed by atoms with Gasteiger partial charge < -0.3 is 14.2 Å². The number of non-ortho nitro benzene ring substituents is 1. The minimum absolute atomic E-state index is 0.0196. The fourth-order valence-corrected chi connectivity index (χ4v) is 2.24. The van der Waals surface area contributed by atoms with E-state index in [1.807, 2.05) is 0 Å². The number of carbonyl (C=O) groups is 1. The van der Waals surface area contributed by atoms with Crippen LogP contribution in [0.2, 0.25) is 0 Å². The number of nitro groups is 1. The lowest BCUT2D eigenvalue weighted by Gasteiger charge is -2.11. The van der Waals surface area contributed by atoms with Crippen LogP contribution in [0.15, 0.2) is 18.2 Å². The van der Waals surface area contributed by atoms with Gasteiger partial charge >= 0.3 is 5.97 Å². The first-order chi connectivity index (χ1) is 11.6. The molecule has 0 unspecified atom stereocenters. The van der Waals surface area contributed by atoms with Gasteiger partial charge in [0.05, 0.1) is 24.7 Å². The molecule has 0 saturated heterocycles. The lowest BCUT2D eigenvalue weighted by molar-refractivity contribution is -0.385. The van der Waals surface area contributed by atoms with Crippen LogP contribution < -0.4 is 4.74 Å². The van der Waals surface area contributed by atoms with Crippen molar-refractivity contribution in [3.63, 3.8) is 0 Å². The van der Waals surface area contributed by atoms with Gasteiger partial charge in [0.25, 0.3) is 5.69 Å². The maximum Gasteiger partial charge on any atom is 0.305 e. The molecule has 24 heavy (non-hydrogen) atoms. The molecule has 0 radical (unpaired) electrons. The van der Waals surface area contributed by atoms with Gasteiger partial charge in [0.2, 0.25) is 0 Å². The minimum Gasteiger partial charge on any atom is -0.493 e. The summed E-state index contributed by atoms with van der Waals surface area (Å²) in [5.41, 5.74) is 0.957. The zero-order chi connectivity index (χ0) is 17.8. The average Bonchev–Trinajstić information content (AvgIpc) is 2.58. The Hall–Kier alpha value is -2.15. The van der Waals surface area contributed by atoms with Crippen molar-refractivity contribution in [2.45, 2.75) is 38.5 Å². The number of aryl methyl sites for hydroxylation is 1. The molecule has 0 aliphatic heterocycles. The van der Waals surface area contributed by atoms with Crippen LogP contribution in [0.5, 0.6) is 5.75 Å². The van der Waals surface area contributed by atoms with Crippen molar-refractivity contribution < 1.29 is 23.9 Å². The van der Waals surface area contributed by atoms with E-state index in [-0.39, 0.29) is 11.7 Å². The Labute approximate surface area is 142 Å². The summed E-state index contributed by atoms with van der Waals surface area (Å²) in [7, 11) is 3.01. The van der Waals surface area contributed by atoms with Gasteiger partial charge in [0.15, 0.2) is 0 Å². The van der Waals surface area contributed by atoms with E-state index in [4.69, 9.17) is 9.47 Å². The highest BCUT2D eigenvalue weighted by molar-refractivity contribution is 5.68. The number of methoxy groups -OCH3 is 2. The van der Waals surface area contributed by atoms with E-state index in [1.54, 1.807) is 13.2 Å². The number of hydrogen-bond donors (Lipinski definition) is 0. The van der Waals surface area contributed by atoms with Crippen LogP contribution in [0, 0.1) is 10.1 Å². The van der Waals surface area contributed by atoms with E-state index in [0.717, 1.165) is 37.7 Å². The molecule has 0 heterocycles. The molecule has 0 aromatic heterocycles. The molecule has 0 bridgehead atoms. The van der Waals surface area contributed by atoms with E-state index < -0.39 is 4.92 Å². The van der Waals surface area contributed by atoms with Crippen molar-refractivity contribution in [3.05, 3.63) is 33.9 Å². The molecule has 0 saturated carbocycles. The zero-order valence-corrected chi connectivity index (χ0v) is 14.3. The molecule has 0 N–H and O–H groups in total. The highest BCUT2D eigenvalue weighted by Gasteiger charge is 2.12. The summed E-state index contributed by atoms with van der Waals surface area (Å²) in [6, 6.07) is 4.70. The van der Waals surface area contributed by atoms with Gasteiger partial charge in [-0.3, -0.25) is 14.9 Å². The number of esters is 1. The van der Waals surface area contributed by atoms with E-state index in [1.165, 1.54) is 19.2 Å². The van der Waals surface area contributed by atoms with Crippen molar-refractivity contribution >= 4 is 11.7 Å². The molecular weight excluding hydrogens is 314 g/mol. The first kappa shape index (κ1) is 19.9. The molecular formula is C17H25NO6. The maximum absolute atomic E-state index is 11.0. The number of nitro benzene ring substituents is 1. The van der Waals surface area contributed by atoms with Crippen LogP contribution >= 0.6 is 0 Å². The molecule has 1 rings (SSSR count). The van der Waals surface area contributed by atoms with Crippen LogP contribution in [-0.4, -0.2) is 38.3 Å². The Bertz CT molecular complexity index is 532. The molecule has 0 aliphatic carbocycles. The van der Waals surface area contributed by atoms with E-state index >= 15 is 0 Å². The monoisotopic (exact) mass is 339 g/mol. The second-order valence-corrected chi connectivity index (χ2v) is 5.38. The van der Waals surface area contributed by atoms with Gasteiger partial charge in [0.1, 0.15) is 5.75 Å². The highest BCUT2D eigenvalue weighted by atomic mass is 16.6. The second-order valence-electron chi connectivity index (χ2n) is 5.38. The van der Waals surface area contributed by atoms with Crippen LogP contribution in [-0.2, 0) is 20.7 Å². The van der Waals surface area contributed by atoms with Gasteiger partial charge in [-0.2, -0.15) is 0 Å². The molecule has 7 nitrogen and oxygen atoms in total. The topological polar surface area (TPSA) is 87.9 Å². The lowest BCUT2D eigenvalue weighted by atomic mass is 10.1. The average molecular weight is 339 g/mol. The third-order valence-electron chi connectivity index (χ3n) is 3.57. The fourth-order valence-electron chi connectivity index (χ4n) is 2.24. The largest absolute Gasteiger partial charge is 0.493 e. The maximum atomic E-state index is 11.0. The first-order valence-electron chi connectivity index (χ1n) is 8.04. The van der Waals surface area contributed by atoms with Crippen molar-refractivity contribution in [1.29, 1.82) is 0 Å². The predicted molar refractivity (Wildman–Crippen MR) is 89.3 cm³/mol. The summed E-state index contributed by atoms with van der Waals surface area (Å²) in [6.07, 6.45) is 4.31. The second kappa shape index (κ2) is 11.4. The lowest BCUT2D eigenvalue weighted by Crippen LogP contribution is -2.04. The van der Waals surface area contributed by atoms with Crippen LogP contribution in [0.1, 0.15) is 37.7 Å². The Morgan fingerprint density at radius 3 is 2.58 bits per heavy atom. The number of benzene rings is 1. The summed E-state index contributed by atoms with van der Waals surface area (Å²) in [5, 5.41) is 10.9. The number of unbranched alkanes of at least 4 members (excludes halogenated alkanes) is 2. The summed E-state index contributed by atoms with van der Waals surface area (Å²) in [4.78, 5) is 21.5. The van der Waals surface area contributed by atoms with Gasteiger partial charge in [-0.15, -0.1) is 0 Å². The Morgan fingerprint density at radius 2 is 1.92 bits per heavy atom.